The van der Waals surface area contributed by atoms with Crippen LogP contribution in [0.4, 0.5) is 0 Å². The Balaban J connectivity index is 2.61. The molecule has 4 nitrogen and oxygen atoms in total. The van der Waals surface area contributed by atoms with Gasteiger partial charge >= 0.3 is 0 Å². The number of hydrogen-bond acceptors (Lipinski definition) is 3. The second kappa shape index (κ2) is 5.72. The van der Waals surface area contributed by atoms with Gasteiger partial charge in [0.1, 0.15) is 0 Å². The Kier molecular flexibility index (Phi) is 4.58. The fourth-order valence-corrected chi connectivity index (χ4v) is 1.86. The summed E-state index contributed by atoms with van der Waals surface area (Å²) in [7, 11) is 0. The number of hydrogen-bond donors (Lipinski definition) is 3. The topological polar surface area (TPSA) is 70.6 Å². The van der Waals surface area contributed by atoms with Crippen LogP contribution in [0.5, 0.6) is 0 Å². The third kappa shape index (κ3) is 3.53. The van der Waals surface area contributed by atoms with Crippen LogP contribution in [0, 0.1) is 0 Å². The number of nitrogens with one attached hydrogen (secondary N) is 1. The van der Waals surface area contributed by atoms with Gasteiger partial charge in [0.05, 0.1) is 6.54 Å². The van der Waals surface area contributed by atoms with Crippen molar-refractivity contribution in [3.63, 3.8) is 0 Å². The molecule has 0 radical (unpaired) electrons. The highest BCUT2D eigenvalue weighted by molar-refractivity contribution is 9.10. The quantitative estimate of drug-likeness (QED) is 0.339. The SMILES string of the molecule is C[C@@H](NC/C(N)=N/O)c1ccccc1Br. The van der Waals surface area contributed by atoms with Crippen molar-refractivity contribution in [1.82, 2.24) is 5.32 Å². The van der Waals surface area contributed by atoms with E-state index in [-0.39, 0.29) is 11.9 Å². The Hall–Kier alpha value is -1.07. The summed E-state index contributed by atoms with van der Waals surface area (Å²) in [5.41, 5.74) is 6.51. The molecule has 0 fully saturated rings. The van der Waals surface area contributed by atoms with Gasteiger partial charge in [0.15, 0.2) is 5.84 Å². The largest absolute Gasteiger partial charge is 0.409 e. The van der Waals surface area contributed by atoms with Gasteiger partial charge in [-0.15, -0.1) is 0 Å². The predicted molar refractivity (Wildman–Crippen MR) is 64.0 cm³/mol. The van der Waals surface area contributed by atoms with Crippen molar-refractivity contribution in [2.45, 2.75) is 13.0 Å². The zero-order chi connectivity index (χ0) is 11.3. The molecule has 15 heavy (non-hydrogen) atoms. The zero-order valence-corrected chi connectivity index (χ0v) is 10.0. The summed E-state index contributed by atoms with van der Waals surface area (Å²) in [6.45, 7) is 2.38. The van der Waals surface area contributed by atoms with E-state index in [4.69, 9.17) is 10.9 Å². The lowest BCUT2D eigenvalue weighted by Crippen LogP contribution is -2.31. The molecule has 0 unspecified atom stereocenters. The highest BCUT2D eigenvalue weighted by Gasteiger charge is 2.08. The van der Waals surface area contributed by atoms with E-state index < -0.39 is 0 Å². The van der Waals surface area contributed by atoms with Gasteiger partial charge in [-0.1, -0.05) is 39.3 Å². The monoisotopic (exact) mass is 271 g/mol. The molecule has 0 aliphatic heterocycles. The Morgan fingerprint density at radius 3 is 2.87 bits per heavy atom. The van der Waals surface area contributed by atoms with Crippen molar-refractivity contribution in [3.8, 4) is 0 Å². The number of amidine groups is 1. The molecule has 1 rings (SSSR count). The van der Waals surface area contributed by atoms with Crippen LogP contribution >= 0.6 is 15.9 Å². The average Bonchev–Trinajstić information content (AvgIpc) is 2.26. The number of nitrogens with two attached hydrogens (primary N) is 1. The lowest BCUT2D eigenvalue weighted by atomic mass is 10.1. The first-order valence-electron chi connectivity index (χ1n) is 4.59. The van der Waals surface area contributed by atoms with Gasteiger partial charge in [-0.2, -0.15) is 0 Å². The molecule has 0 aromatic heterocycles. The summed E-state index contributed by atoms with van der Waals surface area (Å²) in [4.78, 5) is 0. The van der Waals surface area contributed by atoms with Crippen LogP contribution in [-0.2, 0) is 0 Å². The molecule has 0 aliphatic carbocycles. The summed E-state index contributed by atoms with van der Waals surface area (Å²) >= 11 is 3.47. The van der Waals surface area contributed by atoms with Gasteiger partial charge in [-0.05, 0) is 18.6 Å². The molecule has 82 valence electrons. The molecule has 1 aromatic carbocycles. The van der Waals surface area contributed by atoms with Crippen LogP contribution in [0.3, 0.4) is 0 Å². The van der Waals surface area contributed by atoms with Crippen molar-refractivity contribution >= 4 is 21.8 Å². The maximum absolute atomic E-state index is 8.39. The molecule has 0 amide bonds. The van der Waals surface area contributed by atoms with Crippen molar-refractivity contribution in [2.75, 3.05) is 6.54 Å². The van der Waals surface area contributed by atoms with Crippen LogP contribution in [0.2, 0.25) is 0 Å². The minimum Gasteiger partial charge on any atom is -0.409 e. The van der Waals surface area contributed by atoms with Gasteiger partial charge in [-0.3, -0.25) is 0 Å². The number of rotatable bonds is 4. The van der Waals surface area contributed by atoms with Crippen LogP contribution in [0.15, 0.2) is 33.9 Å². The Labute approximate surface area is 97.3 Å². The van der Waals surface area contributed by atoms with Gasteiger partial charge in [0.25, 0.3) is 0 Å². The second-order valence-corrected chi connectivity index (χ2v) is 4.07. The Morgan fingerprint density at radius 2 is 2.27 bits per heavy atom. The van der Waals surface area contributed by atoms with Crippen molar-refractivity contribution in [2.24, 2.45) is 10.9 Å². The van der Waals surface area contributed by atoms with Crippen LogP contribution in [-0.4, -0.2) is 17.6 Å². The molecule has 0 bridgehead atoms. The summed E-state index contributed by atoms with van der Waals surface area (Å²) in [5, 5.41) is 14.4. The highest BCUT2D eigenvalue weighted by atomic mass is 79.9. The Morgan fingerprint density at radius 1 is 1.60 bits per heavy atom. The summed E-state index contributed by atoms with van der Waals surface area (Å²) in [5.74, 6) is 0.175. The molecule has 0 saturated heterocycles. The lowest BCUT2D eigenvalue weighted by Gasteiger charge is -2.14. The van der Waals surface area contributed by atoms with Crippen LogP contribution in [0.25, 0.3) is 0 Å². The van der Waals surface area contributed by atoms with Gasteiger partial charge in [0.2, 0.25) is 0 Å². The predicted octanol–water partition coefficient (Wildman–Crippen LogP) is 1.85. The molecule has 0 spiro atoms. The Bertz CT molecular complexity index is 354. The average molecular weight is 272 g/mol. The fourth-order valence-electron chi connectivity index (χ4n) is 1.23. The smallest absolute Gasteiger partial charge is 0.153 e. The normalized spacial score (nSPS) is 13.9. The van der Waals surface area contributed by atoms with E-state index >= 15 is 0 Å². The van der Waals surface area contributed by atoms with Crippen molar-refractivity contribution < 1.29 is 5.21 Å². The van der Waals surface area contributed by atoms with Gasteiger partial charge < -0.3 is 16.3 Å². The van der Waals surface area contributed by atoms with Crippen molar-refractivity contribution in [3.05, 3.63) is 34.3 Å². The van der Waals surface area contributed by atoms with Crippen molar-refractivity contribution in [1.29, 1.82) is 0 Å². The minimum atomic E-state index is 0.140. The summed E-state index contributed by atoms with van der Waals surface area (Å²) in [6, 6.07) is 8.08. The zero-order valence-electron chi connectivity index (χ0n) is 8.44. The number of nitrogens with zero attached hydrogens (tertiary/aromatic N) is 1. The molecule has 0 aliphatic rings. The van der Waals surface area contributed by atoms with E-state index in [1.165, 1.54) is 0 Å². The fraction of sp³-hybridized carbons (Fsp3) is 0.300. The standard InChI is InChI=1S/C10H14BrN3O/c1-7(13-6-10(12)14-15)8-4-2-3-5-9(8)11/h2-5,7,13,15H,6H2,1H3,(H2,12,14)/t7-/m1/s1. The maximum Gasteiger partial charge on any atom is 0.153 e. The lowest BCUT2D eigenvalue weighted by molar-refractivity contribution is 0.316. The number of halogens is 1. The second-order valence-electron chi connectivity index (χ2n) is 3.22. The van der Waals surface area contributed by atoms with Crippen LogP contribution in [0.1, 0.15) is 18.5 Å². The molecule has 5 heteroatoms. The summed E-state index contributed by atoms with van der Waals surface area (Å²) in [6.07, 6.45) is 0. The summed E-state index contributed by atoms with van der Waals surface area (Å²) < 4.78 is 1.05. The first-order chi connectivity index (χ1) is 7.15. The van der Waals surface area contributed by atoms with Gasteiger partial charge in [0, 0.05) is 10.5 Å². The molecule has 1 aromatic rings. The number of benzene rings is 1. The molecule has 0 saturated carbocycles. The highest BCUT2D eigenvalue weighted by Crippen LogP contribution is 2.22. The van der Waals surface area contributed by atoms with E-state index in [0.29, 0.717) is 6.54 Å². The van der Waals surface area contributed by atoms with E-state index in [9.17, 15) is 0 Å². The van der Waals surface area contributed by atoms with E-state index in [1.807, 2.05) is 31.2 Å². The van der Waals surface area contributed by atoms with Gasteiger partial charge in [-0.25, -0.2) is 0 Å². The number of oxime groups is 1. The molecule has 4 N–H and O–H groups in total. The first kappa shape index (κ1) is 12.0. The third-order valence-corrected chi connectivity index (χ3v) is 2.81. The first-order valence-corrected chi connectivity index (χ1v) is 5.38. The maximum atomic E-state index is 8.39. The third-order valence-electron chi connectivity index (χ3n) is 2.09. The van der Waals surface area contributed by atoms with Crippen LogP contribution < -0.4 is 11.1 Å². The molecular formula is C10H14BrN3O. The van der Waals surface area contributed by atoms with E-state index in [0.717, 1.165) is 10.0 Å². The molecule has 0 heterocycles. The molecular weight excluding hydrogens is 258 g/mol. The van der Waals surface area contributed by atoms with E-state index in [2.05, 4.69) is 26.4 Å². The van der Waals surface area contributed by atoms with E-state index in [1.54, 1.807) is 0 Å². The minimum absolute atomic E-state index is 0.140. The molecule has 1 atom stereocenters.